The molecule has 1 rings (SSSR count). The largest absolute Gasteiger partial charge is 0.323 e. The van der Waals surface area contributed by atoms with Crippen molar-refractivity contribution in [1.82, 2.24) is 0 Å². The predicted octanol–water partition coefficient (Wildman–Crippen LogP) is 2.50. The van der Waals surface area contributed by atoms with Crippen LogP contribution in [0.3, 0.4) is 0 Å². The van der Waals surface area contributed by atoms with Crippen molar-refractivity contribution in [3.05, 3.63) is 24.3 Å². The third-order valence-corrected chi connectivity index (χ3v) is 4.62. The molecule has 0 spiro atoms. The second-order valence-electron chi connectivity index (χ2n) is 2.92. The molecule has 0 amide bonds. The Balaban J connectivity index is 2.61. The second-order valence-corrected chi connectivity index (χ2v) is 6.08. The fourth-order valence-corrected chi connectivity index (χ4v) is 3.84. The fraction of sp³-hybridized carbons (Fsp3) is 0.500. The lowest BCUT2D eigenvalue weighted by atomic mass is 10.3. The predicted molar refractivity (Wildman–Crippen MR) is 46.2 cm³/mol. The van der Waals surface area contributed by atoms with Crippen molar-refractivity contribution in [2.75, 3.05) is 18.5 Å². The average molecular weight is 156 g/mol. The smallest absolute Gasteiger partial charge is 0.0987 e. The molecule has 0 radical (unpaired) electrons. The van der Waals surface area contributed by atoms with Gasteiger partial charge in [-0.05, 0) is 6.92 Å². The van der Waals surface area contributed by atoms with E-state index in [0.717, 1.165) is 12.3 Å². The number of allylic oxidation sites excluding steroid dienone is 3. The summed E-state index contributed by atoms with van der Waals surface area (Å²) < 4.78 is 11.7. The van der Waals surface area contributed by atoms with Crippen molar-refractivity contribution >= 4 is 7.14 Å². The third-order valence-electron chi connectivity index (χ3n) is 1.77. The lowest BCUT2D eigenvalue weighted by Gasteiger charge is -2.06. The zero-order valence-corrected chi connectivity index (χ0v) is 7.23. The van der Waals surface area contributed by atoms with E-state index in [1.807, 2.05) is 6.92 Å². The van der Waals surface area contributed by atoms with E-state index in [1.54, 1.807) is 6.08 Å². The zero-order valence-electron chi connectivity index (χ0n) is 6.34. The maximum absolute atomic E-state index is 11.7. The monoisotopic (exact) mass is 156 g/mol. The molecule has 56 valence electrons. The van der Waals surface area contributed by atoms with E-state index in [9.17, 15) is 4.57 Å². The van der Waals surface area contributed by atoms with Crippen LogP contribution in [0.5, 0.6) is 0 Å². The molecule has 2 heteroatoms. The molecule has 0 N–H and O–H groups in total. The molecule has 0 aromatic carbocycles. The highest BCUT2D eigenvalue weighted by molar-refractivity contribution is 7.64. The highest BCUT2D eigenvalue weighted by atomic mass is 31.2. The highest BCUT2D eigenvalue weighted by Gasteiger charge is 2.23. The molecule has 1 nitrogen and oxygen atoms in total. The first-order chi connectivity index (χ1) is 4.66. The van der Waals surface area contributed by atoms with Crippen LogP contribution in [0.4, 0.5) is 0 Å². The summed E-state index contributed by atoms with van der Waals surface area (Å²) in [5.41, 5.74) is 1.28. The van der Waals surface area contributed by atoms with Gasteiger partial charge in [0, 0.05) is 18.5 Å². The highest BCUT2D eigenvalue weighted by Crippen LogP contribution is 2.51. The van der Waals surface area contributed by atoms with E-state index in [2.05, 4.69) is 12.7 Å². The quantitative estimate of drug-likeness (QED) is 0.443. The summed E-state index contributed by atoms with van der Waals surface area (Å²) in [5.74, 6) is 0. The van der Waals surface area contributed by atoms with Gasteiger partial charge in [-0.25, -0.2) is 0 Å². The van der Waals surface area contributed by atoms with Crippen molar-refractivity contribution < 1.29 is 4.57 Å². The van der Waals surface area contributed by atoms with Gasteiger partial charge in [-0.3, -0.25) is 0 Å². The molecular weight excluding hydrogens is 143 g/mol. The van der Waals surface area contributed by atoms with E-state index in [-0.39, 0.29) is 0 Å². The van der Waals surface area contributed by atoms with E-state index < -0.39 is 7.14 Å². The van der Waals surface area contributed by atoms with Gasteiger partial charge in [0.05, 0.1) is 7.14 Å². The van der Waals surface area contributed by atoms with Gasteiger partial charge >= 0.3 is 0 Å². The SMILES string of the molecule is C=CCP1(=O)CC=C(C)C1. The lowest BCUT2D eigenvalue weighted by molar-refractivity contribution is 0.581. The number of hydrogen-bond donors (Lipinski definition) is 0. The average Bonchev–Trinajstić information content (AvgIpc) is 2.12. The van der Waals surface area contributed by atoms with Crippen LogP contribution >= 0.6 is 7.14 Å². The van der Waals surface area contributed by atoms with Crippen molar-refractivity contribution in [2.24, 2.45) is 0 Å². The summed E-state index contributed by atoms with van der Waals surface area (Å²) in [5, 5.41) is 0. The normalized spacial score (nSPS) is 31.9. The van der Waals surface area contributed by atoms with Gasteiger partial charge in [-0.2, -0.15) is 0 Å². The second kappa shape index (κ2) is 2.75. The minimum atomic E-state index is -1.84. The minimum Gasteiger partial charge on any atom is -0.323 e. The fourth-order valence-electron chi connectivity index (χ4n) is 1.28. The summed E-state index contributed by atoms with van der Waals surface area (Å²) in [6.07, 6.45) is 6.18. The lowest BCUT2D eigenvalue weighted by Crippen LogP contribution is -1.89. The van der Waals surface area contributed by atoms with Crippen molar-refractivity contribution in [3.8, 4) is 0 Å². The van der Waals surface area contributed by atoms with Crippen LogP contribution in [0.25, 0.3) is 0 Å². The summed E-state index contributed by atoms with van der Waals surface area (Å²) in [4.78, 5) is 0. The van der Waals surface area contributed by atoms with Crippen molar-refractivity contribution in [3.63, 3.8) is 0 Å². The maximum Gasteiger partial charge on any atom is 0.0987 e. The van der Waals surface area contributed by atoms with Gasteiger partial charge in [-0.15, -0.1) is 6.58 Å². The Morgan fingerprint density at radius 1 is 1.90 bits per heavy atom. The summed E-state index contributed by atoms with van der Waals surface area (Å²) in [6.45, 7) is 5.64. The molecule has 1 heterocycles. The molecule has 10 heavy (non-hydrogen) atoms. The summed E-state index contributed by atoms with van der Waals surface area (Å²) >= 11 is 0. The summed E-state index contributed by atoms with van der Waals surface area (Å²) in [6, 6.07) is 0. The van der Waals surface area contributed by atoms with Crippen LogP contribution in [0.2, 0.25) is 0 Å². The topological polar surface area (TPSA) is 17.1 Å². The van der Waals surface area contributed by atoms with Gasteiger partial charge in [0.15, 0.2) is 0 Å². The minimum absolute atomic E-state index is 0.709. The van der Waals surface area contributed by atoms with Gasteiger partial charge < -0.3 is 4.57 Å². The van der Waals surface area contributed by atoms with Crippen LogP contribution in [-0.4, -0.2) is 18.5 Å². The number of rotatable bonds is 2. The molecule has 1 atom stereocenters. The molecule has 0 aliphatic carbocycles. The van der Waals surface area contributed by atoms with Crippen molar-refractivity contribution in [1.29, 1.82) is 0 Å². The Morgan fingerprint density at radius 3 is 3.00 bits per heavy atom. The number of hydrogen-bond acceptors (Lipinski definition) is 1. The first-order valence-electron chi connectivity index (χ1n) is 3.50. The van der Waals surface area contributed by atoms with Gasteiger partial charge in [0.25, 0.3) is 0 Å². The first-order valence-corrected chi connectivity index (χ1v) is 5.76. The van der Waals surface area contributed by atoms with Crippen LogP contribution in [0.1, 0.15) is 6.92 Å². The maximum atomic E-state index is 11.7. The molecule has 1 aliphatic rings. The van der Waals surface area contributed by atoms with E-state index in [1.165, 1.54) is 5.57 Å². The van der Waals surface area contributed by atoms with Crippen LogP contribution in [0.15, 0.2) is 24.3 Å². The van der Waals surface area contributed by atoms with Crippen molar-refractivity contribution in [2.45, 2.75) is 6.92 Å². The molecule has 0 aromatic rings. The van der Waals surface area contributed by atoms with Gasteiger partial charge in [0.1, 0.15) is 0 Å². The molecule has 1 unspecified atom stereocenters. The molecule has 0 saturated heterocycles. The molecule has 0 bridgehead atoms. The Hall–Kier alpha value is -0.290. The molecule has 0 fully saturated rings. The standard InChI is InChI=1S/C8H13OP/c1-3-5-10(9)6-4-8(2)7-10/h3-4H,1,5-7H2,2H3. The Kier molecular flexibility index (Phi) is 2.15. The van der Waals surface area contributed by atoms with Crippen LogP contribution in [0, 0.1) is 0 Å². The van der Waals surface area contributed by atoms with E-state index >= 15 is 0 Å². The molecule has 0 aromatic heterocycles. The Morgan fingerprint density at radius 2 is 2.60 bits per heavy atom. The third kappa shape index (κ3) is 1.60. The first kappa shape index (κ1) is 7.81. The van der Waals surface area contributed by atoms with Crippen LogP contribution in [-0.2, 0) is 4.57 Å². The zero-order chi connectivity index (χ0) is 7.61. The molecule has 1 aliphatic heterocycles. The van der Waals surface area contributed by atoms with E-state index in [4.69, 9.17) is 0 Å². The van der Waals surface area contributed by atoms with E-state index in [0.29, 0.717) is 6.16 Å². The Bertz CT molecular complexity index is 215. The summed E-state index contributed by atoms with van der Waals surface area (Å²) in [7, 11) is -1.84. The van der Waals surface area contributed by atoms with Gasteiger partial charge in [-0.1, -0.05) is 17.7 Å². The van der Waals surface area contributed by atoms with Gasteiger partial charge in [0.2, 0.25) is 0 Å². The Labute approximate surface area is 62.2 Å². The molecular formula is C8H13OP. The van der Waals surface area contributed by atoms with Crippen LogP contribution < -0.4 is 0 Å². The molecule has 0 saturated carbocycles.